The van der Waals surface area contributed by atoms with Gasteiger partial charge in [-0.2, -0.15) is 5.10 Å². The molecule has 106 valence electrons. The highest BCUT2D eigenvalue weighted by Crippen LogP contribution is 2.23. The summed E-state index contributed by atoms with van der Waals surface area (Å²) in [7, 11) is 3.59. The number of benzene rings is 1. The molecule has 6 nitrogen and oxygen atoms in total. The number of rotatable bonds is 3. The van der Waals surface area contributed by atoms with E-state index in [9.17, 15) is 4.79 Å². The van der Waals surface area contributed by atoms with E-state index in [0.717, 1.165) is 16.6 Å². The molecule has 0 bridgehead atoms. The van der Waals surface area contributed by atoms with Crippen LogP contribution < -0.4 is 10.6 Å². The van der Waals surface area contributed by atoms with Crippen LogP contribution in [0.4, 0.5) is 11.5 Å². The minimum atomic E-state index is -0.263. The van der Waals surface area contributed by atoms with Gasteiger partial charge in [0.2, 0.25) is 0 Å². The van der Waals surface area contributed by atoms with Gasteiger partial charge in [-0.05, 0) is 12.1 Å². The molecule has 0 aliphatic carbocycles. The molecule has 0 saturated heterocycles. The number of para-hydroxylation sites is 1. The van der Waals surface area contributed by atoms with E-state index < -0.39 is 0 Å². The number of fused-ring (bicyclic) bond motifs is 1. The Morgan fingerprint density at radius 3 is 2.76 bits per heavy atom. The normalized spacial score (nSPS) is 10.6. The first kappa shape index (κ1) is 13.1. The first-order valence-corrected chi connectivity index (χ1v) is 6.56. The number of carbonyl (C=O) groups excluding carboxylic acids is 1. The van der Waals surface area contributed by atoms with E-state index in [2.05, 4.69) is 20.7 Å². The Morgan fingerprint density at radius 1 is 1.24 bits per heavy atom. The van der Waals surface area contributed by atoms with Gasteiger partial charge in [-0.3, -0.25) is 9.48 Å². The Morgan fingerprint density at radius 2 is 2.05 bits per heavy atom. The van der Waals surface area contributed by atoms with Crippen LogP contribution in [-0.4, -0.2) is 27.7 Å². The standard InChI is InChI=1S/C15H15N5O/c1-16-12-9-13(18-11-6-4-3-5-10(11)12)15(21)19-14-7-8-17-20(14)2/h3-9H,1-2H3,(H,16,18)(H,19,21). The van der Waals surface area contributed by atoms with Gasteiger partial charge in [0.15, 0.2) is 0 Å². The van der Waals surface area contributed by atoms with E-state index in [-0.39, 0.29) is 5.91 Å². The monoisotopic (exact) mass is 281 g/mol. The number of pyridine rings is 1. The highest BCUT2D eigenvalue weighted by atomic mass is 16.2. The first-order chi connectivity index (χ1) is 10.2. The van der Waals surface area contributed by atoms with Gasteiger partial charge in [-0.25, -0.2) is 4.98 Å². The topological polar surface area (TPSA) is 71.8 Å². The quantitative estimate of drug-likeness (QED) is 0.772. The fraction of sp³-hybridized carbons (Fsp3) is 0.133. The predicted octanol–water partition coefficient (Wildman–Crippen LogP) is 2.26. The lowest BCUT2D eigenvalue weighted by molar-refractivity contribution is 0.102. The molecule has 0 radical (unpaired) electrons. The Bertz CT molecular complexity index is 809. The van der Waals surface area contributed by atoms with Crippen molar-refractivity contribution in [1.29, 1.82) is 0 Å². The second-order valence-electron chi connectivity index (χ2n) is 4.62. The summed E-state index contributed by atoms with van der Waals surface area (Å²) in [5, 5.41) is 10.9. The Hall–Kier alpha value is -2.89. The molecular formula is C15H15N5O. The molecule has 2 aromatic heterocycles. The Kier molecular flexibility index (Phi) is 3.27. The molecule has 3 rings (SSSR count). The van der Waals surface area contributed by atoms with Crippen LogP contribution in [-0.2, 0) is 7.05 Å². The maximum absolute atomic E-state index is 12.3. The molecule has 0 aliphatic heterocycles. The molecule has 1 amide bonds. The third kappa shape index (κ3) is 2.43. The van der Waals surface area contributed by atoms with E-state index in [4.69, 9.17) is 0 Å². The van der Waals surface area contributed by atoms with Crippen LogP contribution in [0.3, 0.4) is 0 Å². The van der Waals surface area contributed by atoms with Crippen molar-refractivity contribution in [2.24, 2.45) is 7.05 Å². The van der Waals surface area contributed by atoms with Crippen molar-refractivity contribution < 1.29 is 4.79 Å². The van der Waals surface area contributed by atoms with Gasteiger partial charge in [-0.1, -0.05) is 18.2 Å². The fourth-order valence-electron chi connectivity index (χ4n) is 2.18. The number of nitrogens with zero attached hydrogens (tertiary/aromatic N) is 3. The summed E-state index contributed by atoms with van der Waals surface area (Å²) >= 11 is 0. The van der Waals surface area contributed by atoms with Crippen molar-refractivity contribution in [3.05, 3.63) is 48.3 Å². The van der Waals surface area contributed by atoms with Crippen molar-refractivity contribution in [2.75, 3.05) is 17.7 Å². The number of amides is 1. The second-order valence-corrected chi connectivity index (χ2v) is 4.62. The molecule has 2 heterocycles. The minimum absolute atomic E-state index is 0.263. The smallest absolute Gasteiger partial charge is 0.275 e. The third-order valence-corrected chi connectivity index (χ3v) is 3.28. The van der Waals surface area contributed by atoms with E-state index in [0.29, 0.717) is 11.5 Å². The van der Waals surface area contributed by atoms with Crippen LogP contribution in [0.15, 0.2) is 42.6 Å². The van der Waals surface area contributed by atoms with E-state index in [1.54, 1.807) is 30.1 Å². The van der Waals surface area contributed by atoms with Crippen molar-refractivity contribution in [3.8, 4) is 0 Å². The minimum Gasteiger partial charge on any atom is -0.388 e. The molecule has 0 unspecified atom stereocenters. The van der Waals surface area contributed by atoms with Crippen LogP contribution in [0.25, 0.3) is 10.9 Å². The predicted molar refractivity (Wildman–Crippen MR) is 82.5 cm³/mol. The summed E-state index contributed by atoms with van der Waals surface area (Å²) < 4.78 is 1.60. The number of aryl methyl sites for hydroxylation is 1. The average Bonchev–Trinajstić information content (AvgIpc) is 2.91. The van der Waals surface area contributed by atoms with Crippen LogP contribution in [0, 0.1) is 0 Å². The van der Waals surface area contributed by atoms with Crippen molar-refractivity contribution >= 4 is 28.3 Å². The van der Waals surface area contributed by atoms with Crippen molar-refractivity contribution in [2.45, 2.75) is 0 Å². The van der Waals surface area contributed by atoms with E-state index >= 15 is 0 Å². The zero-order valence-corrected chi connectivity index (χ0v) is 11.8. The third-order valence-electron chi connectivity index (χ3n) is 3.28. The van der Waals surface area contributed by atoms with Gasteiger partial charge in [0.1, 0.15) is 11.5 Å². The molecule has 0 saturated carbocycles. The molecule has 3 aromatic rings. The fourth-order valence-corrected chi connectivity index (χ4v) is 2.18. The lowest BCUT2D eigenvalue weighted by Gasteiger charge is -2.09. The molecule has 0 spiro atoms. The summed E-state index contributed by atoms with van der Waals surface area (Å²) in [6.07, 6.45) is 1.63. The highest BCUT2D eigenvalue weighted by molar-refractivity contribution is 6.05. The largest absolute Gasteiger partial charge is 0.388 e. The maximum Gasteiger partial charge on any atom is 0.275 e. The molecule has 6 heteroatoms. The lowest BCUT2D eigenvalue weighted by atomic mass is 10.1. The summed E-state index contributed by atoms with van der Waals surface area (Å²) in [5.74, 6) is 0.363. The number of anilines is 2. The summed E-state index contributed by atoms with van der Waals surface area (Å²) in [6.45, 7) is 0. The second kappa shape index (κ2) is 5.24. The van der Waals surface area contributed by atoms with Gasteiger partial charge in [-0.15, -0.1) is 0 Å². The number of aromatic nitrogens is 3. The average molecular weight is 281 g/mol. The van der Waals surface area contributed by atoms with Gasteiger partial charge >= 0.3 is 0 Å². The lowest BCUT2D eigenvalue weighted by Crippen LogP contribution is -2.16. The SMILES string of the molecule is CNc1cc(C(=O)Nc2ccnn2C)nc2ccccc12. The van der Waals surface area contributed by atoms with Gasteiger partial charge in [0, 0.05) is 31.2 Å². The molecular weight excluding hydrogens is 266 g/mol. The van der Waals surface area contributed by atoms with Crippen LogP contribution >= 0.6 is 0 Å². The summed E-state index contributed by atoms with van der Waals surface area (Å²) in [5.41, 5.74) is 2.01. The molecule has 21 heavy (non-hydrogen) atoms. The van der Waals surface area contributed by atoms with Gasteiger partial charge in [0.05, 0.1) is 11.7 Å². The zero-order valence-electron chi connectivity index (χ0n) is 11.8. The molecule has 1 aromatic carbocycles. The maximum atomic E-state index is 12.3. The van der Waals surface area contributed by atoms with E-state index in [1.807, 2.05) is 31.3 Å². The Labute approximate surface area is 121 Å². The first-order valence-electron chi connectivity index (χ1n) is 6.56. The van der Waals surface area contributed by atoms with Crippen molar-refractivity contribution in [3.63, 3.8) is 0 Å². The number of carbonyl (C=O) groups is 1. The van der Waals surface area contributed by atoms with Crippen LogP contribution in [0.5, 0.6) is 0 Å². The molecule has 2 N–H and O–H groups in total. The van der Waals surface area contributed by atoms with Crippen molar-refractivity contribution in [1.82, 2.24) is 14.8 Å². The highest BCUT2D eigenvalue weighted by Gasteiger charge is 2.13. The van der Waals surface area contributed by atoms with Crippen LogP contribution in [0.2, 0.25) is 0 Å². The summed E-state index contributed by atoms with van der Waals surface area (Å²) in [4.78, 5) is 16.7. The van der Waals surface area contributed by atoms with Gasteiger partial charge in [0.25, 0.3) is 5.91 Å². The molecule has 0 fully saturated rings. The number of hydrogen-bond acceptors (Lipinski definition) is 4. The van der Waals surface area contributed by atoms with E-state index in [1.165, 1.54) is 0 Å². The zero-order chi connectivity index (χ0) is 14.8. The van der Waals surface area contributed by atoms with Crippen LogP contribution in [0.1, 0.15) is 10.5 Å². The summed E-state index contributed by atoms with van der Waals surface area (Å²) in [6, 6.07) is 11.2. The molecule has 0 aliphatic rings. The van der Waals surface area contributed by atoms with Gasteiger partial charge < -0.3 is 10.6 Å². The molecule has 0 atom stereocenters. The number of hydrogen-bond donors (Lipinski definition) is 2. The number of nitrogens with one attached hydrogen (secondary N) is 2. The Balaban J connectivity index is 2.00.